The lowest BCUT2D eigenvalue weighted by molar-refractivity contribution is -0.132. The number of carbonyl (C=O) groups is 3. The molecule has 0 radical (unpaired) electrons. The molecule has 0 spiro atoms. The van der Waals surface area contributed by atoms with Crippen LogP contribution in [0.3, 0.4) is 0 Å². The second-order valence-corrected chi connectivity index (χ2v) is 10.00. The number of aromatic nitrogens is 1. The molecular weight excluding hydrogens is 553 g/mol. The molecule has 0 bridgehead atoms. The number of ether oxygens (including phenoxy) is 2. The number of nitrogens with zero attached hydrogens (tertiary/aromatic N) is 1. The van der Waals surface area contributed by atoms with Crippen molar-refractivity contribution in [1.29, 1.82) is 0 Å². The molecule has 1 heterocycles. The first-order chi connectivity index (χ1) is 19.0. The molecule has 2 N–H and O–H groups in total. The van der Waals surface area contributed by atoms with E-state index in [1.165, 1.54) is 26.3 Å². The molecule has 1 aromatic heterocycles. The number of benzene rings is 2. The number of allylic oxidation sites excluding steroid dienone is 1. The molecule has 210 valence electrons. The van der Waals surface area contributed by atoms with Gasteiger partial charge in [0.1, 0.15) is 6.04 Å². The predicted molar refractivity (Wildman–Crippen MR) is 156 cm³/mol. The minimum absolute atomic E-state index is 0.123. The topological polar surface area (TPSA) is 107 Å². The second kappa shape index (κ2) is 14.0. The van der Waals surface area contributed by atoms with Gasteiger partial charge in [-0.25, -0.2) is 4.98 Å². The molecule has 0 aliphatic heterocycles. The van der Waals surface area contributed by atoms with Gasteiger partial charge in [0.25, 0.3) is 5.91 Å². The smallest absolute Gasteiger partial charge is 0.308 e. The van der Waals surface area contributed by atoms with E-state index in [4.69, 9.17) is 32.7 Å². The highest BCUT2D eigenvalue weighted by atomic mass is 35.5. The molecule has 3 rings (SSSR count). The molecule has 0 aliphatic rings. The second-order valence-electron chi connectivity index (χ2n) is 9.12. The molecular formula is C30H31Cl2N3O5. The maximum absolute atomic E-state index is 13.6. The van der Waals surface area contributed by atoms with E-state index >= 15 is 0 Å². The monoisotopic (exact) mass is 583 g/mol. The van der Waals surface area contributed by atoms with Gasteiger partial charge in [-0.3, -0.25) is 14.4 Å². The molecule has 0 aliphatic carbocycles. The van der Waals surface area contributed by atoms with Crippen LogP contribution in [0.5, 0.6) is 11.5 Å². The van der Waals surface area contributed by atoms with Crippen molar-refractivity contribution in [2.75, 3.05) is 7.11 Å². The Morgan fingerprint density at radius 3 is 1.95 bits per heavy atom. The zero-order valence-electron chi connectivity index (χ0n) is 22.9. The quantitative estimate of drug-likeness (QED) is 0.281. The molecule has 0 unspecified atom stereocenters. The Kier molecular flexibility index (Phi) is 10.7. The average Bonchev–Trinajstić information content (AvgIpc) is 2.93. The first-order valence-corrected chi connectivity index (χ1v) is 13.4. The lowest BCUT2D eigenvalue weighted by Crippen LogP contribution is -2.50. The Morgan fingerprint density at radius 2 is 1.48 bits per heavy atom. The van der Waals surface area contributed by atoms with Gasteiger partial charge in [0.15, 0.2) is 11.4 Å². The highest BCUT2D eigenvalue weighted by Gasteiger charge is 2.30. The summed E-state index contributed by atoms with van der Waals surface area (Å²) in [6.45, 7) is 6.77. The lowest BCUT2D eigenvalue weighted by Gasteiger charge is -2.25. The van der Waals surface area contributed by atoms with Crippen molar-refractivity contribution in [2.24, 2.45) is 5.92 Å². The molecule has 0 saturated carbocycles. The lowest BCUT2D eigenvalue weighted by atomic mass is 9.95. The van der Waals surface area contributed by atoms with E-state index in [1.54, 1.807) is 31.2 Å². The van der Waals surface area contributed by atoms with Crippen molar-refractivity contribution in [3.05, 3.63) is 93.4 Å². The third-order valence-corrected chi connectivity index (χ3v) is 6.79. The van der Waals surface area contributed by atoms with Crippen molar-refractivity contribution in [2.45, 2.75) is 40.2 Å². The van der Waals surface area contributed by atoms with Gasteiger partial charge in [-0.1, -0.05) is 67.7 Å². The Morgan fingerprint density at radius 1 is 0.925 bits per heavy atom. The summed E-state index contributed by atoms with van der Waals surface area (Å²) < 4.78 is 10.5. The van der Waals surface area contributed by atoms with Crippen LogP contribution in [0.2, 0.25) is 10.0 Å². The average molecular weight is 585 g/mol. The number of nitrogens with one attached hydrogen (secondary N) is 2. The first kappa shape index (κ1) is 30.7. The van der Waals surface area contributed by atoms with E-state index in [1.807, 2.05) is 38.1 Å². The molecule has 10 heteroatoms. The van der Waals surface area contributed by atoms with Crippen molar-refractivity contribution >= 4 is 46.6 Å². The van der Waals surface area contributed by atoms with E-state index < -0.39 is 23.8 Å². The fourth-order valence-corrected chi connectivity index (χ4v) is 4.32. The van der Waals surface area contributed by atoms with E-state index in [9.17, 15) is 14.4 Å². The number of pyridine rings is 1. The fraction of sp³-hybridized carbons (Fsp3) is 0.267. The van der Waals surface area contributed by atoms with Crippen LogP contribution in [-0.4, -0.2) is 35.9 Å². The maximum Gasteiger partial charge on any atom is 0.308 e. The normalized spacial score (nSPS) is 12.1. The fourth-order valence-electron chi connectivity index (χ4n) is 4.06. The number of methoxy groups -OCH3 is 1. The Bertz CT molecular complexity index is 1360. The minimum Gasteiger partial charge on any atom is -0.493 e. The number of hydrogen-bond donors (Lipinski definition) is 2. The zero-order chi connectivity index (χ0) is 29.4. The molecule has 2 aromatic carbocycles. The minimum atomic E-state index is -0.928. The standard InChI is InChI=1S/C30H31Cl2N3O5/c1-6-17(2)26(35-30(38)27-28(40-19(4)36)24(39-5)15-16-33-27)29(37)34-18(3)25(20-7-11-22(31)12-8-20)21-9-13-23(32)14-10-21/h7-17,26H,6H2,1-5H3,(H,34,37)(H,35,38)/t17-,26-/m0/s1. The van der Waals surface area contributed by atoms with Crippen LogP contribution in [0.15, 0.2) is 66.5 Å². The van der Waals surface area contributed by atoms with Gasteiger partial charge in [-0.05, 0) is 48.2 Å². The number of halogens is 2. The van der Waals surface area contributed by atoms with Crippen molar-refractivity contribution < 1.29 is 23.9 Å². The van der Waals surface area contributed by atoms with E-state index in [0.29, 0.717) is 22.2 Å². The summed E-state index contributed by atoms with van der Waals surface area (Å²) in [5.41, 5.74) is 2.83. The highest BCUT2D eigenvalue weighted by molar-refractivity contribution is 6.31. The number of carbonyl (C=O) groups excluding carboxylic acids is 3. The molecule has 8 nitrogen and oxygen atoms in total. The Hall–Kier alpha value is -3.88. The molecule has 0 saturated heterocycles. The molecule has 0 fully saturated rings. The number of hydrogen-bond acceptors (Lipinski definition) is 6. The summed E-state index contributed by atoms with van der Waals surface area (Å²) in [5, 5.41) is 6.91. The third-order valence-electron chi connectivity index (χ3n) is 6.28. The van der Waals surface area contributed by atoms with E-state index in [-0.39, 0.29) is 23.1 Å². The zero-order valence-corrected chi connectivity index (χ0v) is 24.4. The van der Waals surface area contributed by atoms with Crippen LogP contribution in [-0.2, 0) is 9.59 Å². The van der Waals surface area contributed by atoms with E-state index in [0.717, 1.165) is 16.7 Å². The van der Waals surface area contributed by atoms with Gasteiger partial charge >= 0.3 is 5.97 Å². The van der Waals surface area contributed by atoms with Crippen LogP contribution in [0.1, 0.15) is 55.7 Å². The van der Waals surface area contributed by atoms with Gasteiger partial charge in [0.05, 0.1) is 7.11 Å². The summed E-state index contributed by atoms with van der Waals surface area (Å²) in [4.78, 5) is 42.8. The van der Waals surface area contributed by atoms with Crippen molar-refractivity contribution in [1.82, 2.24) is 15.6 Å². The van der Waals surface area contributed by atoms with Crippen molar-refractivity contribution in [3.8, 4) is 11.5 Å². The van der Waals surface area contributed by atoms with Gasteiger partial charge in [-0.15, -0.1) is 0 Å². The maximum atomic E-state index is 13.6. The summed E-state index contributed by atoms with van der Waals surface area (Å²) in [6, 6.07) is 15.1. The summed E-state index contributed by atoms with van der Waals surface area (Å²) in [5.74, 6) is -1.95. The molecule has 40 heavy (non-hydrogen) atoms. The highest BCUT2D eigenvalue weighted by Crippen LogP contribution is 2.31. The van der Waals surface area contributed by atoms with Crippen LogP contribution >= 0.6 is 23.2 Å². The summed E-state index contributed by atoms with van der Waals surface area (Å²) in [6.07, 6.45) is 1.96. The number of esters is 1. The van der Waals surface area contributed by atoms with Gasteiger partial charge < -0.3 is 20.1 Å². The Labute approximate surface area is 243 Å². The largest absolute Gasteiger partial charge is 0.493 e. The van der Waals surface area contributed by atoms with Crippen LogP contribution in [0.25, 0.3) is 5.57 Å². The molecule has 2 amide bonds. The van der Waals surface area contributed by atoms with Gasteiger partial charge in [0.2, 0.25) is 11.7 Å². The first-order valence-electron chi connectivity index (χ1n) is 12.6. The Balaban J connectivity index is 1.98. The number of rotatable bonds is 10. The van der Waals surface area contributed by atoms with E-state index in [2.05, 4.69) is 15.6 Å². The summed E-state index contributed by atoms with van der Waals surface area (Å²) in [7, 11) is 1.38. The molecule has 3 aromatic rings. The van der Waals surface area contributed by atoms with Crippen molar-refractivity contribution in [3.63, 3.8) is 0 Å². The predicted octanol–water partition coefficient (Wildman–Crippen LogP) is 6.06. The summed E-state index contributed by atoms with van der Waals surface area (Å²) >= 11 is 12.2. The number of amides is 2. The van der Waals surface area contributed by atoms with Gasteiger partial charge in [0, 0.05) is 40.5 Å². The molecule has 2 atom stereocenters. The van der Waals surface area contributed by atoms with Gasteiger partial charge in [-0.2, -0.15) is 0 Å². The van der Waals surface area contributed by atoms with Crippen LogP contribution in [0, 0.1) is 5.92 Å². The van der Waals surface area contributed by atoms with Crippen LogP contribution < -0.4 is 20.1 Å². The SMILES string of the molecule is CC[C@H](C)[C@H](NC(=O)c1nccc(OC)c1OC(C)=O)C(=O)NC(C)=C(c1ccc(Cl)cc1)c1ccc(Cl)cc1. The van der Waals surface area contributed by atoms with Crippen LogP contribution in [0.4, 0.5) is 0 Å². The third kappa shape index (κ3) is 7.61.